The fraction of sp³-hybridized carbons (Fsp3) is 0.462. The highest BCUT2D eigenvalue weighted by molar-refractivity contribution is 7.89. The molecule has 0 N–H and O–H groups in total. The number of esters is 1. The van der Waals surface area contributed by atoms with Gasteiger partial charge < -0.3 is 9.64 Å². The second-order valence-electron chi connectivity index (χ2n) is 9.62. The molecule has 34 heavy (non-hydrogen) atoms. The molecule has 2 aromatic carbocycles. The molecule has 0 saturated carbocycles. The van der Waals surface area contributed by atoms with Gasteiger partial charge in [-0.3, -0.25) is 4.79 Å². The summed E-state index contributed by atoms with van der Waals surface area (Å²) in [7, 11) is -3.63. The van der Waals surface area contributed by atoms with Crippen LogP contribution in [0, 0.1) is 11.8 Å². The van der Waals surface area contributed by atoms with Crippen LogP contribution in [0.25, 0.3) is 0 Å². The van der Waals surface area contributed by atoms with Crippen molar-refractivity contribution in [1.29, 1.82) is 0 Å². The molecule has 7 nitrogen and oxygen atoms in total. The minimum atomic E-state index is -3.63. The number of amides is 1. The summed E-state index contributed by atoms with van der Waals surface area (Å²) in [5.74, 6) is -0.279. The molecule has 0 radical (unpaired) electrons. The maximum atomic E-state index is 13.0. The number of rotatable bonds is 5. The van der Waals surface area contributed by atoms with Crippen LogP contribution in [0.15, 0.2) is 53.4 Å². The molecule has 0 spiro atoms. The fourth-order valence-electron chi connectivity index (χ4n) is 4.93. The number of piperidine rings is 1. The molecular formula is C26H32N2O5S. The molecule has 1 fully saturated rings. The van der Waals surface area contributed by atoms with Crippen LogP contribution < -0.4 is 0 Å². The molecule has 0 unspecified atom stereocenters. The van der Waals surface area contributed by atoms with Gasteiger partial charge in [-0.2, -0.15) is 4.31 Å². The third-order valence-corrected chi connectivity index (χ3v) is 8.48. The summed E-state index contributed by atoms with van der Waals surface area (Å²) in [6, 6.07) is 13.8. The molecule has 2 aromatic rings. The highest BCUT2D eigenvalue weighted by Gasteiger charge is 2.32. The normalized spacial score (nSPS) is 22.0. The first-order valence-electron chi connectivity index (χ1n) is 11.8. The second-order valence-corrected chi connectivity index (χ2v) is 11.6. The number of hydrogen-bond donors (Lipinski definition) is 0. The summed E-state index contributed by atoms with van der Waals surface area (Å²) >= 11 is 0. The van der Waals surface area contributed by atoms with Crippen LogP contribution in [0.2, 0.25) is 0 Å². The number of fused-ring (bicyclic) bond motifs is 1. The van der Waals surface area contributed by atoms with Crippen molar-refractivity contribution in [3.05, 3.63) is 65.2 Å². The average Bonchev–Trinajstić information content (AvgIpc) is 2.82. The van der Waals surface area contributed by atoms with Gasteiger partial charge >= 0.3 is 5.97 Å². The summed E-state index contributed by atoms with van der Waals surface area (Å²) in [6.45, 7) is 7.76. The Kier molecular flexibility index (Phi) is 7.09. The number of benzene rings is 2. The minimum Gasteiger partial charge on any atom is -0.449 e. The summed E-state index contributed by atoms with van der Waals surface area (Å²) in [5, 5.41) is 0. The van der Waals surface area contributed by atoms with Gasteiger partial charge in [0.2, 0.25) is 10.0 Å². The first kappa shape index (κ1) is 24.4. The van der Waals surface area contributed by atoms with E-state index in [9.17, 15) is 18.0 Å². The third-order valence-electron chi connectivity index (χ3n) is 6.64. The summed E-state index contributed by atoms with van der Waals surface area (Å²) in [5.41, 5.74) is 2.55. The lowest BCUT2D eigenvalue weighted by Gasteiger charge is -2.34. The minimum absolute atomic E-state index is 0.154. The number of hydrogen-bond acceptors (Lipinski definition) is 5. The standard InChI is InChI=1S/C26H32N2O5S/c1-18-14-19(2)16-28(15-18)34(31,32)24-10-8-22(9-11-24)26(30)33-20(3)25(29)27-13-12-21-6-4-5-7-23(21)17-27/h4-11,18-20H,12-17H2,1-3H3/t18-,19-,20-/m1/s1. The Labute approximate surface area is 201 Å². The Hall–Kier alpha value is -2.71. The molecule has 1 saturated heterocycles. The van der Waals surface area contributed by atoms with Crippen molar-refractivity contribution in [2.45, 2.75) is 51.2 Å². The fourth-order valence-corrected chi connectivity index (χ4v) is 6.61. The predicted molar refractivity (Wildman–Crippen MR) is 129 cm³/mol. The van der Waals surface area contributed by atoms with Gasteiger partial charge in [-0.25, -0.2) is 13.2 Å². The van der Waals surface area contributed by atoms with Crippen molar-refractivity contribution in [2.75, 3.05) is 19.6 Å². The maximum Gasteiger partial charge on any atom is 0.338 e. The van der Waals surface area contributed by atoms with E-state index < -0.39 is 22.1 Å². The first-order valence-corrected chi connectivity index (χ1v) is 13.3. The van der Waals surface area contributed by atoms with Crippen LogP contribution in [0.4, 0.5) is 0 Å². The van der Waals surface area contributed by atoms with Crippen LogP contribution in [0.3, 0.4) is 0 Å². The van der Waals surface area contributed by atoms with Gasteiger partial charge in [0.25, 0.3) is 5.91 Å². The Balaban J connectivity index is 1.38. The first-order chi connectivity index (χ1) is 16.1. The molecule has 182 valence electrons. The Morgan fingerprint density at radius 2 is 1.59 bits per heavy atom. The molecule has 0 bridgehead atoms. The Bertz CT molecular complexity index is 1150. The lowest BCUT2D eigenvalue weighted by Crippen LogP contribution is -2.42. The molecule has 4 rings (SSSR count). The van der Waals surface area contributed by atoms with E-state index in [1.165, 1.54) is 34.1 Å². The van der Waals surface area contributed by atoms with E-state index in [1.54, 1.807) is 11.8 Å². The topological polar surface area (TPSA) is 84.0 Å². The zero-order valence-corrected chi connectivity index (χ0v) is 20.8. The van der Waals surface area contributed by atoms with E-state index in [4.69, 9.17) is 4.74 Å². The zero-order chi connectivity index (χ0) is 24.5. The lowest BCUT2D eigenvalue weighted by molar-refractivity contribution is -0.140. The van der Waals surface area contributed by atoms with E-state index in [-0.39, 0.29) is 16.4 Å². The van der Waals surface area contributed by atoms with Crippen molar-refractivity contribution in [2.24, 2.45) is 11.8 Å². The molecule has 2 aliphatic heterocycles. The molecule has 2 aliphatic rings. The number of carbonyl (C=O) groups is 2. The quantitative estimate of drug-likeness (QED) is 0.607. The van der Waals surface area contributed by atoms with E-state index >= 15 is 0 Å². The second kappa shape index (κ2) is 9.88. The van der Waals surface area contributed by atoms with Crippen LogP contribution in [-0.2, 0) is 32.5 Å². The van der Waals surface area contributed by atoms with Crippen molar-refractivity contribution < 1.29 is 22.7 Å². The van der Waals surface area contributed by atoms with Crippen molar-refractivity contribution in [1.82, 2.24) is 9.21 Å². The van der Waals surface area contributed by atoms with Gasteiger partial charge in [0, 0.05) is 26.2 Å². The SMILES string of the molecule is C[C@@H]1C[C@@H](C)CN(S(=O)(=O)c2ccc(C(=O)O[C@H](C)C(=O)N3CCc4ccccc4C3)cc2)C1. The third kappa shape index (κ3) is 5.18. The van der Waals surface area contributed by atoms with E-state index in [1.807, 2.05) is 18.2 Å². The molecule has 8 heteroatoms. The highest BCUT2D eigenvalue weighted by Crippen LogP contribution is 2.27. The average molecular weight is 485 g/mol. The predicted octanol–water partition coefficient (Wildman–Crippen LogP) is 3.48. The summed E-state index contributed by atoms with van der Waals surface area (Å²) < 4.78 is 33.0. The van der Waals surface area contributed by atoms with Crippen molar-refractivity contribution in [3.63, 3.8) is 0 Å². The smallest absolute Gasteiger partial charge is 0.338 e. The van der Waals surface area contributed by atoms with E-state index in [2.05, 4.69) is 19.9 Å². The Morgan fingerprint density at radius 1 is 0.971 bits per heavy atom. The Morgan fingerprint density at radius 3 is 2.24 bits per heavy atom. The molecule has 1 amide bonds. The van der Waals surface area contributed by atoms with Crippen LogP contribution in [-0.4, -0.2) is 55.2 Å². The van der Waals surface area contributed by atoms with Crippen molar-refractivity contribution >= 4 is 21.9 Å². The molecule has 0 aromatic heterocycles. The number of ether oxygens (including phenoxy) is 1. The van der Waals surface area contributed by atoms with Gasteiger partial charge in [0.1, 0.15) is 0 Å². The van der Waals surface area contributed by atoms with Crippen LogP contribution in [0.1, 0.15) is 48.7 Å². The van der Waals surface area contributed by atoms with Gasteiger partial charge in [-0.15, -0.1) is 0 Å². The van der Waals surface area contributed by atoms with Crippen LogP contribution in [0.5, 0.6) is 0 Å². The highest BCUT2D eigenvalue weighted by atomic mass is 32.2. The molecular weight excluding hydrogens is 452 g/mol. The number of sulfonamides is 1. The maximum absolute atomic E-state index is 13.0. The zero-order valence-electron chi connectivity index (χ0n) is 19.9. The van der Waals surface area contributed by atoms with Crippen molar-refractivity contribution in [3.8, 4) is 0 Å². The molecule has 2 heterocycles. The summed E-state index contributed by atoms with van der Waals surface area (Å²) in [4.78, 5) is 27.3. The van der Waals surface area contributed by atoms with Gasteiger partial charge in [-0.1, -0.05) is 38.1 Å². The van der Waals surface area contributed by atoms with Gasteiger partial charge in [0.05, 0.1) is 10.5 Å². The number of carbonyl (C=O) groups excluding carboxylic acids is 2. The van der Waals surface area contributed by atoms with Crippen LogP contribution >= 0.6 is 0 Å². The number of nitrogens with zero attached hydrogens (tertiary/aromatic N) is 2. The molecule has 3 atom stereocenters. The largest absolute Gasteiger partial charge is 0.449 e. The van der Waals surface area contributed by atoms with E-state index in [0.717, 1.165) is 18.4 Å². The summed E-state index contributed by atoms with van der Waals surface area (Å²) in [6.07, 6.45) is 0.850. The molecule has 0 aliphatic carbocycles. The van der Waals surface area contributed by atoms with E-state index in [0.29, 0.717) is 38.0 Å². The monoisotopic (exact) mass is 484 g/mol. The van der Waals surface area contributed by atoms with Gasteiger partial charge in [-0.05, 0) is 67.0 Å². The lowest BCUT2D eigenvalue weighted by atomic mass is 9.94. The van der Waals surface area contributed by atoms with Gasteiger partial charge in [0.15, 0.2) is 6.10 Å².